The molecule has 1 rings (SSSR count). The minimum Gasteiger partial charge on any atom is -0.495 e. The fourth-order valence-corrected chi connectivity index (χ4v) is 1.52. The van der Waals surface area contributed by atoms with Gasteiger partial charge in [-0.1, -0.05) is 11.6 Å². The van der Waals surface area contributed by atoms with E-state index in [4.69, 9.17) is 21.4 Å². The lowest BCUT2D eigenvalue weighted by molar-refractivity contribution is -0.138. The summed E-state index contributed by atoms with van der Waals surface area (Å²) in [6.45, 7) is 1.61. The number of halogens is 1. The second-order valence-electron chi connectivity index (χ2n) is 3.44. The van der Waals surface area contributed by atoms with Gasteiger partial charge in [0.15, 0.2) is 0 Å². The van der Waals surface area contributed by atoms with Crippen molar-refractivity contribution < 1.29 is 14.6 Å². The molecular formula is C11H14ClNO3. The Bertz CT molecular complexity index is 395. The Morgan fingerprint density at radius 2 is 2.19 bits per heavy atom. The molecule has 1 N–H and O–H groups in total. The van der Waals surface area contributed by atoms with Gasteiger partial charge in [0.05, 0.1) is 12.1 Å². The molecule has 0 aromatic heterocycles. The molecule has 0 saturated carbocycles. The molecule has 0 bridgehead atoms. The normalized spacial score (nSPS) is 12.0. The average Bonchev–Trinajstić information content (AvgIpc) is 2.26. The first-order valence-corrected chi connectivity index (χ1v) is 5.14. The Morgan fingerprint density at radius 1 is 1.56 bits per heavy atom. The van der Waals surface area contributed by atoms with Crippen LogP contribution in [0.25, 0.3) is 0 Å². The molecule has 0 aliphatic carbocycles. The minimum atomic E-state index is -0.880. The molecule has 0 aliphatic rings. The summed E-state index contributed by atoms with van der Waals surface area (Å²) in [5.41, 5.74) is 0.737. The number of ether oxygens (including phenoxy) is 1. The van der Waals surface area contributed by atoms with E-state index in [1.54, 1.807) is 37.1 Å². The number of carboxylic acid groups (broad SMARTS) is 1. The number of hydrogen-bond donors (Lipinski definition) is 1. The summed E-state index contributed by atoms with van der Waals surface area (Å²) in [6.07, 6.45) is 0. The van der Waals surface area contributed by atoms with Crippen LogP contribution in [0, 0.1) is 0 Å². The third-order valence-electron chi connectivity index (χ3n) is 2.48. The zero-order chi connectivity index (χ0) is 12.3. The van der Waals surface area contributed by atoms with Crippen LogP contribution in [-0.2, 0) is 4.79 Å². The van der Waals surface area contributed by atoms with Crippen molar-refractivity contribution in [2.45, 2.75) is 13.0 Å². The molecule has 0 heterocycles. The Balaban J connectivity index is 2.97. The average molecular weight is 244 g/mol. The summed E-state index contributed by atoms with van der Waals surface area (Å²) in [5, 5.41) is 9.35. The van der Waals surface area contributed by atoms with E-state index in [9.17, 15) is 4.79 Å². The summed E-state index contributed by atoms with van der Waals surface area (Å²) < 4.78 is 5.02. The van der Waals surface area contributed by atoms with Gasteiger partial charge < -0.3 is 14.7 Å². The van der Waals surface area contributed by atoms with Crippen LogP contribution in [0.5, 0.6) is 5.75 Å². The van der Waals surface area contributed by atoms with E-state index in [2.05, 4.69) is 0 Å². The molecule has 0 aliphatic heterocycles. The van der Waals surface area contributed by atoms with E-state index in [0.29, 0.717) is 10.8 Å². The topological polar surface area (TPSA) is 49.8 Å². The van der Waals surface area contributed by atoms with Crippen LogP contribution in [0.4, 0.5) is 5.69 Å². The van der Waals surface area contributed by atoms with E-state index >= 15 is 0 Å². The molecule has 16 heavy (non-hydrogen) atoms. The first-order chi connectivity index (χ1) is 7.47. The maximum Gasteiger partial charge on any atom is 0.326 e. The molecule has 0 fully saturated rings. The molecule has 0 radical (unpaired) electrons. The van der Waals surface area contributed by atoms with Gasteiger partial charge >= 0.3 is 5.97 Å². The highest BCUT2D eigenvalue weighted by molar-refractivity contribution is 6.32. The van der Waals surface area contributed by atoms with E-state index in [-0.39, 0.29) is 0 Å². The van der Waals surface area contributed by atoms with Gasteiger partial charge in [-0.15, -0.1) is 0 Å². The molecule has 5 heteroatoms. The van der Waals surface area contributed by atoms with Crippen LogP contribution in [-0.4, -0.2) is 31.3 Å². The fourth-order valence-electron chi connectivity index (χ4n) is 1.26. The first kappa shape index (κ1) is 12.6. The highest BCUT2D eigenvalue weighted by Crippen LogP contribution is 2.29. The van der Waals surface area contributed by atoms with Crippen molar-refractivity contribution in [3.8, 4) is 5.75 Å². The highest BCUT2D eigenvalue weighted by Gasteiger charge is 2.17. The third kappa shape index (κ3) is 2.58. The predicted octanol–water partition coefficient (Wildman–Crippen LogP) is 2.26. The molecule has 4 nitrogen and oxygen atoms in total. The largest absolute Gasteiger partial charge is 0.495 e. The molecule has 0 unspecified atom stereocenters. The second-order valence-corrected chi connectivity index (χ2v) is 3.85. The number of anilines is 1. The van der Waals surface area contributed by atoms with Gasteiger partial charge in [0.2, 0.25) is 0 Å². The third-order valence-corrected chi connectivity index (χ3v) is 2.78. The van der Waals surface area contributed by atoms with Gasteiger partial charge in [-0.05, 0) is 25.1 Å². The van der Waals surface area contributed by atoms with Crippen molar-refractivity contribution >= 4 is 23.3 Å². The van der Waals surface area contributed by atoms with Crippen molar-refractivity contribution in [1.29, 1.82) is 0 Å². The number of benzene rings is 1. The first-order valence-electron chi connectivity index (χ1n) is 4.76. The van der Waals surface area contributed by atoms with Crippen molar-refractivity contribution in [2.75, 3.05) is 19.1 Å². The lowest BCUT2D eigenvalue weighted by atomic mass is 10.2. The maximum atomic E-state index is 10.8. The monoisotopic (exact) mass is 243 g/mol. The highest BCUT2D eigenvalue weighted by atomic mass is 35.5. The van der Waals surface area contributed by atoms with Gasteiger partial charge in [-0.2, -0.15) is 0 Å². The Morgan fingerprint density at radius 3 is 2.62 bits per heavy atom. The number of carbonyl (C=O) groups is 1. The van der Waals surface area contributed by atoms with Crippen molar-refractivity contribution in [3.63, 3.8) is 0 Å². The maximum absolute atomic E-state index is 10.8. The van der Waals surface area contributed by atoms with Gasteiger partial charge in [-0.3, -0.25) is 0 Å². The quantitative estimate of drug-likeness (QED) is 0.881. The number of likely N-dealkylation sites (N-methyl/N-ethyl adjacent to an activating group) is 1. The number of hydrogen-bond acceptors (Lipinski definition) is 3. The Hall–Kier alpha value is -1.42. The molecule has 1 aromatic rings. The summed E-state index contributed by atoms with van der Waals surface area (Å²) in [6, 6.07) is 4.55. The SMILES string of the molecule is COc1ccc(N(C)[C@@H](C)C(=O)O)cc1Cl. The van der Waals surface area contributed by atoms with Crippen molar-refractivity contribution in [2.24, 2.45) is 0 Å². The summed E-state index contributed by atoms with van der Waals surface area (Å²) in [7, 11) is 3.24. The van der Waals surface area contributed by atoms with Crippen molar-refractivity contribution in [1.82, 2.24) is 0 Å². The van der Waals surface area contributed by atoms with Crippen LogP contribution < -0.4 is 9.64 Å². The van der Waals surface area contributed by atoms with Gasteiger partial charge in [0.1, 0.15) is 11.8 Å². The Labute approximate surface area is 99.4 Å². The van der Waals surface area contributed by atoms with Crippen molar-refractivity contribution in [3.05, 3.63) is 23.2 Å². The van der Waals surface area contributed by atoms with E-state index in [1.165, 1.54) is 7.11 Å². The fraction of sp³-hybridized carbons (Fsp3) is 0.364. The summed E-state index contributed by atoms with van der Waals surface area (Å²) in [5.74, 6) is -0.309. The number of nitrogens with zero attached hydrogens (tertiary/aromatic N) is 1. The standard InChI is InChI=1S/C11H14ClNO3/c1-7(11(14)15)13(2)8-4-5-10(16-3)9(12)6-8/h4-7H,1-3H3,(H,14,15)/t7-/m0/s1. The molecule has 0 amide bonds. The molecule has 0 saturated heterocycles. The number of aliphatic carboxylic acids is 1. The molecular weight excluding hydrogens is 230 g/mol. The molecule has 0 spiro atoms. The van der Waals surface area contributed by atoms with Gasteiger partial charge in [-0.25, -0.2) is 4.79 Å². The van der Waals surface area contributed by atoms with E-state index < -0.39 is 12.0 Å². The van der Waals surface area contributed by atoms with Crippen LogP contribution >= 0.6 is 11.6 Å². The van der Waals surface area contributed by atoms with E-state index in [0.717, 1.165) is 5.69 Å². The summed E-state index contributed by atoms with van der Waals surface area (Å²) >= 11 is 5.96. The van der Waals surface area contributed by atoms with Crippen LogP contribution in [0.15, 0.2) is 18.2 Å². The van der Waals surface area contributed by atoms with E-state index in [1.807, 2.05) is 0 Å². The predicted molar refractivity (Wildman–Crippen MR) is 63.5 cm³/mol. The number of methoxy groups -OCH3 is 1. The zero-order valence-electron chi connectivity index (χ0n) is 9.40. The molecule has 1 atom stereocenters. The van der Waals surface area contributed by atoms with Crippen LogP contribution in [0.1, 0.15) is 6.92 Å². The number of carboxylic acids is 1. The van der Waals surface area contributed by atoms with Gasteiger partial charge in [0.25, 0.3) is 0 Å². The summed E-state index contributed by atoms with van der Waals surface area (Å²) in [4.78, 5) is 12.5. The van der Waals surface area contributed by atoms with Gasteiger partial charge in [0, 0.05) is 12.7 Å². The smallest absolute Gasteiger partial charge is 0.326 e. The second kappa shape index (κ2) is 5.07. The van der Waals surface area contributed by atoms with Crippen LogP contribution in [0.2, 0.25) is 5.02 Å². The molecule has 88 valence electrons. The zero-order valence-corrected chi connectivity index (χ0v) is 10.2. The number of rotatable bonds is 4. The lowest BCUT2D eigenvalue weighted by Gasteiger charge is -2.24. The Kier molecular flexibility index (Phi) is 4.01. The van der Waals surface area contributed by atoms with Crippen LogP contribution in [0.3, 0.4) is 0 Å². The lowest BCUT2D eigenvalue weighted by Crippen LogP contribution is -2.35. The molecule has 1 aromatic carbocycles. The minimum absolute atomic E-state index is 0.462.